The largest absolute Gasteiger partial charge is 0.444 e. The molecule has 0 aliphatic rings. The van der Waals surface area contributed by atoms with Gasteiger partial charge in [0.25, 0.3) is 0 Å². The van der Waals surface area contributed by atoms with E-state index in [9.17, 15) is 0 Å². The zero-order chi connectivity index (χ0) is 18.2. The van der Waals surface area contributed by atoms with Gasteiger partial charge in [0, 0.05) is 31.7 Å². The Morgan fingerprint density at radius 2 is 1.92 bits per heavy atom. The molecule has 0 saturated heterocycles. The first-order valence-electron chi connectivity index (χ1n) is 8.65. The molecule has 0 aliphatic heterocycles. The van der Waals surface area contributed by atoms with E-state index in [1.54, 1.807) is 13.3 Å². The molecule has 1 aromatic carbocycles. The van der Waals surface area contributed by atoms with Crippen molar-refractivity contribution < 1.29 is 4.42 Å². The molecular formula is C19H30IN5O. The molecule has 0 fully saturated rings. The maximum absolute atomic E-state index is 5.58. The Morgan fingerprint density at radius 3 is 2.54 bits per heavy atom. The lowest BCUT2D eigenvalue weighted by molar-refractivity contribution is 0.278. The molecule has 0 aliphatic carbocycles. The highest BCUT2D eigenvalue weighted by atomic mass is 127. The van der Waals surface area contributed by atoms with Gasteiger partial charge in [-0.15, -0.1) is 24.0 Å². The average Bonchev–Trinajstić information content (AvgIpc) is 3.07. The van der Waals surface area contributed by atoms with Crippen LogP contribution < -0.4 is 10.6 Å². The fraction of sp³-hybridized carbons (Fsp3) is 0.474. The van der Waals surface area contributed by atoms with Crippen LogP contribution in [0.4, 0.5) is 0 Å². The summed E-state index contributed by atoms with van der Waals surface area (Å²) >= 11 is 0. The van der Waals surface area contributed by atoms with Crippen LogP contribution in [-0.2, 0) is 6.54 Å². The Bertz CT molecular complexity index is 681. The summed E-state index contributed by atoms with van der Waals surface area (Å²) in [6.07, 6.45) is 1.68. The number of rotatable bonds is 7. The number of hydrogen-bond acceptors (Lipinski definition) is 4. The smallest absolute Gasteiger partial charge is 0.226 e. The van der Waals surface area contributed by atoms with Crippen molar-refractivity contribution in [1.29, 1.82) is 0 Å². The summed E-state index contributed by atoms with van der Waals surface area (Å²) in [7, 11) is 3.88. The molecule has 0 unspecified atom stereocenters. The third-order valence-electron chi connectivity index (χ3n) is 4.15. The van der Waals surface area contributed by atoms with E-state index in [-0.39, 0.29) is 24.0 Å². The van der Waals surface area contributed by atoms with Crippen molar-refractivity contribution >= 4 is 29.9 Å². The number of hydrogen-bond donors (Lipinski definition) is 2. The zero-order valence-electron chi connectivity index (χ0n) is 16.2. The number of oxazole rings is 1. The van der Waals surface area contributed by atoms with E-state index in [1.165, 1.54) is 5.56 Å². The minimum Gasteiger partial charge on any atom is -0.444 e. The van der Waals surface area contributed by atoms with Crippen LogP contribution >= 0.6 is 24.0 Å². The van der Waals surface area contributed by atoms with Gasteiger partial charge in [0.15, 0.2) is 5.96 Å². The molecule has 1 aromatic heterocycles. The molecule has 0 saturated carbocycles. The highest BCUT2D eigenvalue weighted by molar-refractivity contribution is 14.0. The van der Waals surface area contributed by atoms with Crippen molar-refractivity contribution in [2.45, 2.75) is 33.4 Å². The van der Waals surface area contributed by atoms with Crippen molar-refractivity contribution in [3.8, 4) is 11.5 Å². The van der Waals surface area contributed by atoms with Gasteiger partial charge in [-0.1, -0.05) is 17.7 Å². The monoisotopic (exact) mass is 471 g/mol. The van der Waals surface area contributed by atoms with E-state index in [0.29, 0.717) is 18.5 Å². The first-order valence-corrected chi connectivity index (χ1v) is 8.65. The Kier molecular flexibility index (Phi) is 9.64. The second kappa shape index (κ2) is 11.2. The first kappa shape index (κ1) is 22.4. The normalized spacial score (nSPS) is 11.6. The molecule has 26 heavy (non-hydrogen) atoms. The van der Waals surface area contributed by atoms with E-state index in [2.05, 4.69) is 65.5 Å². The van der Waals surface area contributed by atoms with E-state index >= 15 is 0 Å². The highest BCUT2D eigenvalue weighted by Gasteiger charge is 2.08. The Balaban J connectivity index is 0.00000338. The van der Waals surface area contributed by atoms with E-state index in [4.69, 9.17) is 4.42 Å². The molecule has 2 rings (SSSR count). The van der Waals surface area contributed by atoms with Crippen LogP contribution in [0.3, 0.4) is 0 Å². The lowest BCUT2D eigenvalue weighted by atomic mass is 10.1. The zero-order valence-corrected chi connectivity index (χ0v) is 18.6. The molecule has 2 aromatic rings. The standard InChI is InChI=1S/C19H29N5O.HI/c1-14(2)24(5)11-10-21-19(20-4)22-12-17-13-25-18(23-17)16-8-6-15(3)7-9-16;/h6-9,13-14H,10-12H2,1-5H3,(H2,20,21,22);1H. The molecule has 2 N–H and O–H groups in total. The van der Waals surface area contributed by atoms with Gasteiger partial charge in [-0.2, -0.15) is 0 Å². The fourth-order valence-corrected chi connectivity index (χ4v) is 2.22. The molecule has 0 amide bonds. The van der Waals surface area contributed by atoms with Crippen molar-refractivity contribution in [2.75, 3.05) is 27.2 Å². The van der Waals surface area contributed by atoms with Crippen molar-refractivity contribution in [3.05, 3.63) is 41.8 Å². The predicted molar refractivity (Wildman–Crippen MR) is 118 cm³/mol. The summed E-state index contributed by atoms with van der Waals surface area (Å²) in [4.78, 5) is 11.0. The Morgan fingerprint density at radius 1 is 1.23 bits per heavy atom. The van der Waals surface area contributed by atoms with Gasteiger partial charge < -0.3 is 20.0 Å². The lowest BCUT2D eigenvalue weighted by Crippen LogP contribution is -2.41. The SMILES string of the molecule is CN=C(NCCN(C)C(C)C)NCc1coc(-c2ccc(C)cc2)n1.I. The molecule has 0 atom stereocenters. The Labute approximate surface area is 173 Å². The molecule has 144 valence electrons. The van der Waals surface area contributed by atoms with Crippen molar-refractivity contribution in [1.82, 2.24) is 20.5 Å². The number of likely N-dealkylation sites (N-methyl/N-ethyl adjacent to an activating group) is 1. The van der Waals surface area contributed by atoms with Crippen LogP contribution in [0.25, 0.3) is 11.5 Å². The van der Waals surface area contributed by atoms with Crippen LogP contribution in [0.15, 0.2) is 39.9 Å². The second-order valence-corrected chi connectivity index (χ2v) is 6.44. The summed E-state index contributed by atoms with van der Waals surface area (Å²) in [6.45, 7) is 8.79. The molecule has 7 heteroatoms. The molecule has 1 heterocycles. The maximum atomic E-state index is 5.58. The van der Waals surface area contributed by atoms with Gasteiger partial charge in [0.2, 0.25) is 5.89 Å². The maximum Gasteiger partial charge on any atom is 0.226 e. The van der Waals surface area contributed by atoms with Crippen molar-refractivity contribution in [2.24, 2.45) is 4.99 Å². The predicted octanol–water partition coefficient (Wildman–Crippen LogP) is 3.27. The second-order valence-electron chi connectivity index (χ2n) is 6.44. The number of halogens is 1. The topological polar surface area (TPSA) is 65.7 Å². The summed E-state index contributed by atoms with van der Waals surface area (Å²) in [5.41, 5.74) is 3.05. The molecule has 0 spiro atoms. The molecule has 0 bridgehead atoms. The van der Waals surface area contributed by atoms with Gasteiger partial charge in [-0.25, -0.2) is 4.98 Å². The summed E-state index contributed by atoms with van der Waals surface area (Å²) in [6, 6.07) is 8.68. The summed E-state index contributed by atoms with van der Waals surface area (Å²) < 4.78 is 5.58. The van der Waals surface area contributed by atoms with Gasteiger partial charge in [0.1, 0.15) is 6.26 Å². The van der Waals surface area contributed by atoms with E-state index < -0.39 is 0 Å². The highest BCUT2D eigenvalue weighted by Crippen LogP contribution is 2.18. The summed E-state index contributed by atoms with van der Waals surface area (Å²) in [5.74, 6) is 1.40. The minimum absolute atomic E-state index is 0. The van der Waals surface area contributed by atoms with Crippen LogP contribution in [0.1, 0.15) is 25.1 Å². The number of nitrogens with one attached hydrogen (secondary N) is 2. The van der Waals surface area contributed by atoms with Crippen LogP contribution in [0.2, 0.25) is 0 Å². The third kappa shape index (κ3) is 6.95. The van der Waals surface area contributed by atoms with Gasteiger partial charge in [-0.05, 0) is 40.0 Å². The number of aryl methyl sites for hydroxylation is 1. The molecule has 0 radical (unpaired) electrons. The number of aliphatic imine (C=N–C) groups is 1. The van der Waals surface area contributed by atoms with Crippen LogP contribution in [0, 0.1) is 6.92 Å². The van der Waals surface area contributed by atoms with Gasteiger partial charge in [-0.3, -0.25) is 4.99 Å². The number of guanidine groups is 1. The number of nitrogens with zero attached hydrogens (tertiary/aromatic N) is 3. The average molecular weight is 471 g/mol. The molecule has 6 nitrogen and oxygen atoms in total. The third-order valence-corrected chi connectivity index (χ3v) is 4.15. The first-order chi connectivity index (χ1) is 12.0. The van der Waals surface area contributed by atoms with Crippen LogP contribution in [0.5, 0.6) is 0 Å². The van der Waals surface area contributed by atoms with Crippen LogP contribution in [-0.4, -0.2) is 49.1 Å². The van der Waals surface area contributed by atoms with E-state index in [1.807, 2.05) is 12.1 Å². The minimum atomic E-state index is 0. The van der Waals surface area contributed by atoms with E-state index in [0.717, 1.165) is 30.3 Å². The number of benzene rings is 1. The van der Waals surface area contributed by atoms with Crippen molar-refractivity contribution in [3.63, 3.8) is 0 Å². The Hall–Kier alpha value is -1.61. The quantitative estimate of drug-likeness (QED) is 0.369. The molecular weight excluding hydrogens is 441 g/mol. The lowest BCUT2D eigenvalue weighted by Gasteiger charge is -2.21. The van der Waals surface area contributed by atoms with Gasteiger partial charge in [0.05, 0.1) is 12.2 Å². The summed E-state index contributed by atoms with van der Waals surface area (Å²) in [5, 5.41) is 6.57. The van der Waals surface area contributed by atoms with Gasteiger partial charge >= 0.3 is 0 Å². The number of aromatic nitrogens is 1. The fourth-order valence-electron chi connectivity index (χ4n) is 2.22.